The highest BCUT2D eigenvalue weighted by molar-refractivity contribution is 6.33. The van der Waals surface area contributed by atoms with Crippen LogP contribution in [0.2, 0.25) is 5.02 Å². The predicted octanol–water partition coefficient (Wildman–Crippen LogP) is 3.23. The first-order chi connectivity index (χ1) is 13.2. The van der Waals surface area contributed by atoms with Gasteiger partial charge < -0.3 is 10.2 Å². The molecule has 2 aromatic carbocycles. The summed E-state index contributed by atoms with van der Waals surface area (Å²) >= 11 is 6.14. The summed E-state index contributed by atoms with van der Waals surface area (Å²) in [5, 5.41) is 15.5. The Balaban J connectivity index is 1.37. The number of hydrogen-bond acceptors (Lipinski definition) is 5. The number of carbonyl (C=O) groups excluding carboxylic acids is 1. The third-order valence-electron chi connectivity index (χ3n) is 4.47. The molecule has 27 heavy (non-hydrogen) atoms. The van der Waals surface area contributed by atoms with Gasteiger partial charge in [-0.1, -0.05) is 23.7 Å². The molecule has 1 N–H and O–H groups in total. The number of halogens is 1. The van der Waals surface area contributed by atoms with E-state index in [4.69, 9.17) is 11.6 Å². The molecular weight excluding hydrogens is 364 g/mol. The van der Waals surface area contributed by atoms with Gasteiger partial charge in [-0.3, -0.25) is 4.79 Å². The molecule has 3 aromatic rings. The summed E-state index contributed by atoms with van der Waals surface area (Å²) in [7, 11) is 0. The first-order valence-electron chi connectivity index (χ1n) is 8.86. The van der Waals surface area contributed by atoms with Crippen LogP contribution in [0.5, 0.6) is 0 Å². The van der Waals surface area contributed by atoms with Gasteiger partial charge in [-0.25, -0.2) is 0 Å². The number of amides is 1. The molecule has 1 amide bonds. The van der Waals surface area contributed by atoms with Gasteiger partial charge in [0.2, 0.25) is 11.7 Å². The maximum absolute atomic E-state index is 12.3. The molecule has 2 heterocycles. The van der Waals surface area contributed by atoms with Gasteiger partial charge in [0.1, 0.15) is 6.54 Å². The fraction of sp³-hybridized carbons (Fsp3) is 0.263. The molecule has 0 aliphatic carbocycles. The molecule has 1 fully saturated rings. The molecule has 1 aliphatic rings. The number of rotatable bonds is 5. The first-order valence-corrected chi connectivity index (χ1v) is 9.24. The topological polar surface area (TPSA) is 75.9 Å². The lowest BCUT2D eigenvalue weighted by Gasteiger charge is -2.17. The van der Waals surface area contributed by atoms with Crippen LogP contribution in [0.1, 0.15) is 12.8 Å². The van der Waals surface area contributed by atoms with Crippen molar-refractivity contribution in [1.29, 1.82) is 0 Å². The Labute approximate surface area is 161 Å². The van der Waals surface area contributed by atoms with Crippen molar-refractivity contribution in [2.24, 2.45) is 0 Å². The maximum atomic E-state index is 12.3. The number of aromatic nitrogens is 4. The van der Waals surface area contributed by atoms with Gasteiger partial charge in [0.15, 0.2) is 0 Å². The van der Waals surface area contributed by atoms with Crippen LogP contribution in [0.25, 0.3) is 11.4 Å². The number of tetrazole rings is 1. The zero-order valence-corrected chi connectivity index (χ0v) is 15.4. The van der Waals surface area contributed by atoms with Crippen molar-refractivity contribution in [2.45, 2.75) is 19.4 Å². The van der Waals surface area contributed by atoms with Gasteiger partial charge in [-0.15, -0.1) is 10.2 Å². The minimum atomic E-state index is -0.216. The summed E-state index contributed by atoms with van der Waals surface area (Å²) < 4.78 is 0. The normalized spacial score (nSPS) is 13.7. The van der Waals surface area contributed by atoms with Gasteiger partial charge in [0.25, 0.3) is 0 Å². The second-order valence-electron chi connectivity index (χ2n) is 6.41. The minimum absolute atomic E-state index is 0.0225. The quantitative estimate of drug-likeness (QED) is 0.733. The average molecular weight is 383 g/mol. The predicted molar refractivity (Wildman–Crippen MR) is 105 cm³/mol. The summed E-state index contributed by atoms with van der Waals surface area (Å²) in [6, 6.07) is 15.1. The van der Waals surface area contributed by atoms with E-state index in [1.54, 1.807) is 6.07 Å². The second kappa shape index (κ2) is 7.75. The number of nitrogens with zero attached hydrogens (tertiary/aromatic N) is 5. The SMILES string of the molecule is O=C(Cn1nnc(-c2ccccc2Cl)n1)Nc1ccc(N2CCCC2)cc1. The Bertz CT molecular complexity index is 933. The molecule has 1 aliphatic heterocycles. The van der Waals surface area contributed by atoms with Crippen molar-refractivity contribution < 1.29 is 4.79 Å². The van der Waals surface area contributed by atoms with Gasteiger partial charge in [-0.2, -0.15) is 4.80 Å². The fourth-order valence-corrected chi connectivity index (χ4v) is 3.34. The van der Waals surface area contributed by atoms with Crippen LogP contribution in [0.4, 0.5) is 11.4 Å². The zero-order valence-electron chi connectivity index (χ0n) is 14.7. The van der Waals surface area contributed by atoms with Crippen LogP contribution in [-0.4, -0.2) is 39.2 Å². The highest BCUT2D eigenvalue weighted by Crippen LogP contribution is 2.24. The third-order valence-corrected chi connectivity index (χ3v) is 4.80. The van der Waals surface area contributed by atoms with Crippen LogP contribution >= 0.6 is 11.6 Å². The molecule has 0 unspecified atom stereocenters. The van der Waals surface area contributed by atoms with Crippen molar-refractivity contribution in [3.8, 4) is 11.4 Å². The molecule has 138 valence electrons. The Morgan fingerprint density at radius 2 is 1.81 bits per heavy atom. The summed E-state index contributed by atoms with van der Waals surface area (Å²) in [5.41, 5.74) is 2.62. The number of hydrogen-bond donors (Lipinski definition) is 1. The Kier molecular flexibility index (Phi) is 5.02. The standard InChI is InChI=1S/C19H19ClN6O/c20-17-6-2-1-5-16(17)19-22-24-26(23-19)13-18(27)21-14-7-9-15(10-8-14)25-11-3-4-12-25/h1-2,5-10H,3-4,11-13H2,(H,21,27). The molecule has 1 aromatic heterocycles. The van der Waals surface area contributed by atoms with Crippen LogP contribution in [0, 0.1) is 0 Å². The maximum Gasteiger partial charge on any atom is 0.248 e. The molecule has 0 atom stereocenters. The molecule has 0 radical (unpaired) electrons. The van der Waals surface area contributed by atoms with Crippen molar-refractivity contribution in [3.05, 3.63) is 53.6 Å². The van der Waals surface area contributed by atoms with Gasteiger partial charge in [0, 0.05) is 30.0 Å². The Morgan fingerprint density at radius 3 is 2.56 bits per heavy atom. The lowest BCUT2D eigenvalue weighted by atomic mass is 10.2. The fourth-order valence-electron chi connectivity index (χ4n) is 3.12. The minimum Gasteiger partial charge on any atom is -0.372 e. The number of carbonyl (C=O) groups is 1. The van der Waals surface area contributed by atoms with Gasteiger partial charge in [0.05, 0.1) is 5.02 Å². The summed E-state index contributed by atoms with van der Waals surface area (Å²) in [6.45, 7) is 2.17. The largest absolute Gasteiger partial charge is 0.372 e. The number of anilines is 2. The first kappa shape index (κ1) is 17.5. The Hall–Kier alpha value is -2.93. The van der Waals surface area contributed by atoms with E-state index in [0.717, 1.165) is 18.8 Å². The van der Waals surface area contributed by atoms with E-state index in [-0.39, 0.29) is 12.5 Å². The van der Waals surface area contributed by atoms with Crippen LogP contribution < -0.4 is 10.2 Å². The molecular formula is C19H19ClN6O. The zero-order chi connectivity index (χ0) is 18.6. The molecule has 8 heteroatoms. The van der Waals surface area contributed by atoms with Crippen molar-refractivity contribution in [3.63, 3.8) is 0 Å². The molecule has 7 nitrogen and oxygen atoms in total. The molecule has 1 saturated heterocycles. The van der Waals surface area contributed by atoms with Crippen molar-refractivity contribution in [1.82, 2.24) is 20.2 Å². The molecule has 0 saturated carbocycles. The van der Waals surface area contributed by atoms with Crippen LogP contribution in [-0.2, 0) is 11.3 Å². The van der Waals surface area contributed by atoms with E-state index in [9.17, 15) is 4.79 Å². The highest BCUT2D eigenvalue weighted by atomic mass is 35.5. The van der Waals surface area contributed by atoms with Crippen LogP contribution in [0.15, 0.2) is 48.5 Å². The lowest BCUT2D eigenvalue weighted by Crippen LogP contribution is -2.21. The van der Waals surface area contributed by atoms with Gasteiger partial charge in [-0.05, 0) is 54.5 Å². The van der Waals surface area contributed by atoms with E-state index >= 15 is 0 Å². The molecule has 4 rings (SSSR count). The second-order valence-corrected chi connectivity index (χ2v) is 6.82. The van der Waals surface area contributed by atoms with E-state index in [1.165, 1.54) is 23.3 Å². The van der Waals surface area contributed by atoms with E-state index in [1.807, 2.05) is 42.5 Å². The smallest absolute Gasteiger partial charge is 0.248 e. The average Bonchev–Trinajstić information content (AvgIpc) is 3.35. The molecule has 0 bridgehead atoms. The van der Waals surface area contributed by atoms with Crippen molar-refractivity contribution in [2.75, 3.05) is 23.3 Å². The number of benzene rings is 2. The van der Waals surface area contributed by atoms with E-state index in [2.05, 4.69) is 25.6 Å². The van der Waals surface area contributed by atoms with Gasteiger partial charge >= 0.3 is 0 Å². The van der Waals surface area contributed by atoms with Crippen LogP contribution in [0.3, 0.4) is 0 Å². The molecule has 0 spiro atoms. The van der Waals surface area contributed by atoms with E-state index < -0.39 is 0 Å². The Morgan fingerprint density at radius 1 is 1.07 bits per heavy atom. The third kappa shape index (κ3) is 4.09. The summed E-state index contributed by atoms with van der Waals surface area (Å²) in [6.07, 6.45) is 2.47. The summed E-state index contributed by atoms with van der Waals surface area (Å²) in [5.74, 6) is 0.176. The monoisotopic (exact) mass is 382 g/mol. The highest BCUT2D eigenvalue weighted by Gasteiger charge is 2.13. The van der Waals surface area contributed by atoms with Crippen molar-refractivity contribution >= 4 is 28.9 Å². The summed E-state index contributed by atoms with van der Waals surface area (Å²) in [4.78, 5) is 15.9. The van der Waals surface area contributed by atoms with E-state index in [0.29, 0.717) is 16.4 Å². The number of nitrogens with one attached hydrogen (secondary N) is 1. The lowest BCUT2D eigenvalue weighted by molar-refractivity contribution is -0.117.